The summed E-state index contributed by atoms with van der Waals surface area (Å²) in [5.41, 5.74) is 0.782. The number of likely N-dealkylation sites (N-methyl/N-ethyl adjacent to an activating group) is 1. The van der Waals surface area contributed by atoms with Crippen LogP contribution in [0.1, 0.15) is 12.5 Å². The number of hydrogen-bond donors (Lipinski definition) is 1. The van der Waals surface area contributed by atoms with Gasteiger partial charge in [-0.25, -0.2) is 8.42 Å². The van der Waals surface area contributed by atoms with Crippen LogP contribution in [0, 0.1) is 0 Å². The number of fused-ring (bicyclic) bond motifs is 1. The minimum absolute atomic E-state index is 0.0123. The van der Waals surface area contributed by atoms with Gasteiger partial charge in [0.05, 0.1) is 4.90 Å². The van der Waals surface area contributed by atoms with E-state index < -0.39 is 34.5 Å². The number of hydrogen-bond acceptors (Lipinski definition) is 7. The van der Waals surface area contributed by atoms with Crippen molar-refractivity contribution in [3.8, 4) is 11.5 Å². The van der Waals surface area contributed by atoms with E-state index in [1.165, 1.54) is 38.2 Å². The van der Waals surface area contributed by atoms with E-state index in [4.69, 9.17) is 25.8 Å². The second-order valence-corrected chi connectivity index (χ2v) is 9.23. The molecule has 1 aliphatic rings. The van der Waals surface area contributed by atoms with E-state index in [-0.39, 0.29) is 18.2 Å². The van der Waals surface area contributed by atoms with Gasteiger partial charge < -0.3 is 19.5 Å². The van der Waals surface area contributed by atoms with Gasteiger partial charge in [0.2, 0.25) is 16.8 Å². The molecule has 0 fully saturated rings. The van der Waals surface area contributed by atoms with Crippen LogP contribution in [0.2, 0.25) is 5.02 Å². The monoisotopic (exact) mass is 468 g/mol. The van der Waals surface area contributed by atoms with Crippen molar-refractivity contribution in [3.63, 3.8) is 0 Å². The molecule has 0 radical (unpaired) electrons. The summed E-state index contributed by atoms with van der Waals surface area (Å²) in [5.74, 6) is -0.147. The molecule has 3 rings (SSSR count). The van der Waals surface area contributed by atoms with Gasteiger partial charge in [0.25, 0.3) is 5.91 Å². The van der Waals surface area contributed by atoms with Crippen LogP contribution in [0.25, 0.3) is 0 Å². The van der Waals surface area contributed by atoms with Gasteiger partial charge in [-0.3, -0.25) is 9.59 Å². The summed E-state index contributed by atoms with van der Waals surface area (Å²) in [7, 11) is -2.66. The van der Waals surface area contributed by atoms with Crippen LogP contribution in [0.4, 0.5) is 0 Å². The van der Waals surface area contributed by atoms with E-state index in [0.29, 0.717) is 16.5 Å². The number of halogens is 1. The number of sulfonamides is 1. The maximum Gasteiger partial charge on any atom is 0.322 e. The van der Waals surface area contributed by atoms with E-state index in [0.717, 1.165) is 9.87 Å². The molecule has 2 aromatic rings. The minimum Gasteiger partial charge on any atom is -0.454 e. The number of benzene rings is 2. The molecule has 1 N–H and O–H groups in total. The zero-order valence-electron chi connectivity index (χ0n) is 16.8. The molecule has 1 heterocycles. The number of nitrogens with zero attached hydrogens (tertiary/aromatic N) is 1. The zero-order chi connectivity index (χ0) is 22.6. The summed E-state index contributed by atoms with van der Waals surface area (Å²) < 4.78 is 41.5. The van der Waals surface area contributed by atoms with Crippen molar-refractivity contribution < 1.29 is 32.2 Å². The molecule has 1 amide bonds. The fourth-order valence-corrected chi connectivity index (χ4v) is 3.97. The SMILES string of the molecule is C[C@@H](OC(=O)CN(C)S(=O)(=O)c1ccc(Cl)cc1)C(=O)NCc1ccc2c(c1)OCO2. The van der Waals surface area contributed by atoms with Gasteiger partial charge in [0.1, 0.15) is 6.54 Å². The van der Waals surface area contributed by atoms with Crippen molar-refractivity contribution in [3.05, 3.63) is 53.1 Å². The summed E-state index contributed by atoms with van der Waals surface area (Å²) in [4.78, 5) is 24.4. The van der Waals surface area contributed by atoms with Crippen LogP contribution < -0.4 is 14.8 Å². The second-order valence-electron chi connectivity index (χ2n) is 6.75. The van der Waals surface area contributed by atoms with Gasteiger partial charge in [0.15, 0.2) is 17.6 Å². The average Bonchev–Trinajstić information content (AvgIpc) is 3.20. The van der Waals surface area contributed by atoms with Crippen LogP contribution in [0.5, 0.6) is 11.5 Å². The molecular weight excluding hydrogens is 448 g/mol. The van der Waals surface area contributed by atoms with Gasteiger partial charge in [-0.05, 0) is 48.9 Å². The molecule has 0 saturated heterocycles. The highest BCUT2D eigenvalue weighted by Gasteiger charge is 2.25. The van der Waals surface area contributed by atoms with E-state index in [1.54, 1.807) is 18.2 Å². The fourth-order valence-electron chi connectivity index (χ4n) is 2.73. The smallest absolute Gasteiger partial charge is 0.322 e. The molecule has 2 aromatic carbocycles. The lowest BCUT2D eigenvalue weighted by Crippen LogP contribution is -2.39. The lowest BCUT2D eigenvalue weighted by Gasteiger charge is -2.18. The standard InChI is InChI=1S/C20H21ClN2O7S/c1-13(20(25)22-10-14-3-8-17-18(9-14)29-12-28-17)30-19(24)11-23(2)31(26,27)16-6-4-15(21)5-7-16/h3-9,13H,10-12H2,1-2H3,(H,22,25)/t13-/m1/s1. The predicted molar refractivity (Wildman–Crippen MR) is 111 cm³/mol. The van der Waals surface area contributed by atoms with E-state index in [1.807, 2.05) is 0 Å². The summed E-state index contributed by atoms with van der Waals surface area (Å²) in [6.07, 6.45) is -1.10. The Morgan fingerprint density at radius 2 is 1.84 bits per heavy atom. The van der Waals surface area contributed by atoms with Crippen molar-refractivity contribution in [1.82, 2.24) is 9.62 Å². The first-order valence-electron chi connectivity index (χ1n) is 9.24. The number of nitrogens with one attached hydrogen (secondary N) is 1. The van der Waals surface area contributed by atoms with Crippen LogP contribution in [0.3, 0.4) is 0 Å². The Bertz CT molecular complexity index is 1070. The first-order chi connectivity index (χ1) is 14.7. The predicted octanol–water partition coefficient (Wildman–Crippen LogP) is 1.94. The molecule has 166 valence electrons. The van der Waals surface area contributed by atoms with Gasteiger partial charge in [-0.2, -0.15) is 4.31 Å². The third kappa shape index (κ3) is 5.66. The molecule has 11 heteroatoms. The summed E-state index contributed by atoms with van der Waals surface area (Å²) in [6, 6.07) is 10.8. The molecule has 1 atom stereocenters. The largest absolute Gasteiger partial charge is 0.454 e. The maximum absolute atomic E-state index is 12.5. The Kier molecular flexibility index (Phi) is 7.04. The Balaban J connectivity index is 1.50. The third-order valence-electron chi connectivity index (χ3n) is 4.45. The highest BCUT2D eigenvalue weighted by Crippen LogP contribution is 2.32. The number of amides is 1. The lowest BCUT2D eigenvalue weighted by molar-refractivity contribution is -0.154. The quantitative estimate of drug-likeness (QED) is 0.589. The van der Waals surface area contributed by atoms with Gasteiger partial charge in [-0.1, -0.05) is 17.7 Å². The molecule has 0 aromatic heterocycles. The Morgan fingerprint density at radius 1 is 1.16 bits per heavy atom. The molecule has 0 spiro atoms. The van der Waals surface area contributed by atoms with Crippen molar-refractivity contribution in [1.29, 1.82) is 0 Å². The van der Waals surface area contributed by atoms with Gasteiger partial charge >= 0.3 is 5.97 Å². The minimum atomic E-state index is -3.91. The number of rotatable bonds is 8. The highest BCUT2D eigenvalue weighted by atomic mass is 35.5. The van der Waals surface area contributed by atoms with Crippen molar-refractivity contribution in [2.45, 2.75) is 24.5 Å². The van der Waals surface area contributed by atoms with Crippen LogP contribution in [-0.2, 0) is 30.9 Å². The molecule has 9 nitrogen and oxygen atoms in total. The van der Waals surface area contributed by atoms with Crippen LogP contribution in [-0.4, -0.2) is 51.1 Å². The third-order valence-corrected chi connectivity index (χ3v) is 6.52. The normalized spacial score (nSPS) is 13.7. The number of carbonyl (C=O) groups is 2. The Morgan fingerprint density at radius 3 is 2.55 bits per heavy atom. The lowest BCUT2D eigenvalue weighted by atomic mass is 10.2. The maximum atomic E-state index is 12.5. The Labute approximate surface area is 184 Å². The van der Waals surface area contributed by atoms with E-state index in [2.05, 4.69) is 5.32 Å². The summed E-state index contributed by atoms with van der Waals surface area (Å²) in [5, 5.41) is 3.04. The van der Waals surface area contributed by atoms with Crippen molar-refractivity contribution in [2.75, 3.05) is 20.4 Å². The van der Waals surface area contributed by atoms with E-state index in [9.17, 15) is 18.0 Å². The highest BCUT2D eigenvalue weighted by molar-refractivity contribution is 7.89. The number of esters is 1. The number of ether oxygens (including phenoxy) is 3. The molecule has 0 unspecified atom stereocenters. The second kappa shape index (κ2) is 9.54. The molecule has 0 saturated carbocycles. The first-order valence-corrected chi connectivity index (χ1v) is 11.1. The molecule has 0 aliphatic carbocycles. The Hall–Kier alpha value is -2.82. The average molecular weight is 469 g/mol. The first kappa shape index (κ1) is 22.9. The molecule has 0 bridgehead atoms. The molecular formula is C20H21ClN2O7S. The van der Waals surface area contributed by atoms with Crippen molar-refractivity contribution >= 4 is 33.5 Å². The van der Waals surface area contributed by atoms with Crippen LogP contribution in [0.15, 0.2) is 47.4 Å². The van der Waals surface area contributed by atoms with E-state index >= 15 is 0 Å². The van der Waals surface area contributed by atoms with Gasteiger partial charge in [0, 0.05) is 18.6 Å². The number of carbonyl (C=O) groups excluding carboxylic acids is 2. The van der Waals surface area contributed by atoms with Crippen molar-refractivity contribution in [2.24, 2.45) is 0 Å². The van der Waals surface area contributed by atoms with Gasteiger partial charge in [-0.15, -0.1) is 0 Å². The molecule has 31 heavy (non-hydrogen) atoms. The molecule has 1 aliphatic heterocycles. The van der Waals surface area contributed by atoms with Crippen LogP contribution >= 0.6 is 11.6 Å². The summed E-state index contributed by atoms with van der Waals surface area (Å²) >= 11 is 5.77. The zero-order valence-corrected chi connectivity index (χ0v) is 18.4. The topological polar surface area (TPSA) is 111 Å². The summed E-state index contributed by atoms with van der Waals surface area (Å²) in [6.45, 7) is 1.20. The fraction of sp³-hybridized carbons (Fsp3) is 0.300.